The van der Waals surface area contributed by atoms with E-state index in [-0.39, 0.29) is 5.54 Å². The molecule has 88 valence electrons. The van der Waals surface area contributed by atoms with E-state index in [1.807, 2.05) is 0 Å². The van der Waals surface area contributed by atoms with E-state index in [0.717, 1.165) is 25.3 Å². The topological polar surface area (TPSA) is 21.3 Å². The Morgan fingerprint density at radius 1 is 1.44 bits per heavy atom. The second-order valence-electron chi connectivity index (χ2n) is 4.97. The average Bonchev–Trinajstić information content (AvgIpc) is 2.25. The minimum absolute atomic E-state index is 0.192. The summed E-state index contributed by atoms with van der Waals surface area (Å²) in [7, 11) is 0. The average molecular weight is 219 g/mol. The highest BCUT2D eigenvalue weighted by molar-refractivity contribution is 5.34. The minimum atomic E-state index is 0.192. The summed E-state index contributed by atoms with van der Waals surface area (Å²) in [6.45, 7) is 8.43. The molecular weight excluding hydrogens is 198 g/mol. The highest BCUT2D eigenvalue weighted by Gasteiger charge is 2.31. The van der Waals surface area contributed by atoms with Gasteiger partial charge in [-0.25, -0.2) is 0 Å². The largest absolute Gasteiger partial charge is 0.492 e. The van der Waals surface area contributed by atoms with E-state index in [4.69, 9.17) is 4.74 Å². The van der Waals surface area contributed by atoms with Crippen molar-refractivity contribution in [2.45, 2.75) is 39.2 Å². The first-order valence-electron chi connectivity index (χ1n) is 6.10. The first-order chi connectivity index (χ1) is 7.63. The monoisotopic (exact) mass is 219 g/mol. The molecule has 2 nitrogen and oxygen atoms in total. The van der Waals surface area contributed by atoms with E-state index in [9.17, 15) is 0 Å². The van der Waals surface area contributed by atoms with Crippen LogP contribution >= 0.6 is 0 Å². The van der Waals surface area contributed by atoms with Gasteiger partial charge in [0.15, 0.2) is 0 Å². The van der Waals surface area contributed by atoms with Crippen LogP contribution in [0.1, 0.15) is 31.4 Å². The molecule has 0 amide bonds. The predicted octanol–water partition coefficient (Wildman–Crippen LogP) is 2.69. The van der Waals surface area contributed by atoms with Crippen LogP contribution < -0.4 is 10.1 Å². The number of benzene rings is 1. The summed E-state index contributed by atoms with van der Waals surface area (Å²) in [5, 5.41) is 3.41. The predicted molar refractivity (Wildman–Crippen MR) is 67.1 cm³/mol. The van der Waals surface area contributed by atoms with Gasteiger partial charge in [0, 0.05) is 0 Å². The fourth-order valence-corrected chi connectivity index (χ4v) is 2.04. The standard InChI is InChI=1S/C14H21NO/c1-4-12-9-13(6-5-11(12)2)16-10-14(3)7-8-15-14/h5-6,9,15H,4,7-8,10H2,1-3H3. The minimum Gasteiger partial charge on any atom is -0.492 e. The lowest BCUT2D eigenvalue weighted by Crippen LogP contribution is -2.58. The van der Waals surface area contributed by atoms with Crippen LogP contribution in [-0.4, -0.2) is 18.7 Å². The number of hydrogen-bond donors (Lipinski definition) is 1. The maximum absolute atomic E-state index is 5.85. The molecule has 0 spiro atoms. The third-order valence-electron chi connectivity index (χ3n) is 3.49. The van der Waals surface area contributed by atoms with Crippen LogP contribution in [0.25, 0.3) is 0 Å². The van der Waals surface area contributed by atoms with Crippen molar-refractivity contribution >= 4 is 0 Å². The molecule has 1 aromatic rings. The highest BCUT2D eigenvalue weighted by Crippen LogP contribution is 2.22. The van der Waals surface area contributed by atoms with Gasteiger partial charge >= 0.3 is 0 Å². The van der Waals surface area contributed by atoms with E-state index < -0.39 is 0 Å². The van der Waals surface area contributed by atoms with Gasteiger partial charge in [-0.1, -0.05) is 13.0 Å². The van der Waals surface area contributed by atoms with E-state index in [2.05, 4.69) is 44.3 Å². The van der Waals surface area contributed by atoms with Crippen LogP contribution in [0.5, 0.6) is 5.75 Å². The van der Waals surface area contributed by atoms with E-state index in [0.29, 0.717) is 0 Å². The molecule has 0 saturated carbocycles. The van der Waals surface area contributed by atoms with Crippen LogP contribution in [0.3, 0.4) is 0 Å². The molecule has 1 aliphatic heterocycles. The molecule has 1 aromatic carbocycles. The van der Waals surface area contributed by atoms with Crippen LogP contribution in [0.4, 0.5) is 0 Å². The van der Waals surface area contributed by atoms with Gasteiger partial charge in [-0.2, -0.15) is 0 Å². The molecule has 1 atom stereocenters. The van der Waals surface area contributed by atoms with Crippen molar-refractivity contribution in [1.82, 2.24) is 5.32 Å². The Balaban J connectivity index is 1.98. The van der Waals surface area contributed by atoms with Gasteiger partial charge < -0.3 is 10.1 Å². The maximum Gasteiger partial charge on any atom is 0.119 e. The summed E-state index contributed by atoms with van der Waals surface area (Å²) in [6, 6.07) is 6.37. The fourth-order valence-electron chi connectivity index (χ4n) is 2.04. The van der Waals surface area contributed by atoms with Crippen molar-refractivity contribution in [3.63, 3.8) is 0 Å². The third kappa shape index (κ3) is 2.38. The maximum atomic E-state index is 5.85. The zero-order valence-corrected chi connectivity index (χ0v) is 10.5. The van der Waals surface area contributed by atoms with Gasteiger partial charge in [0.2, 0.25) is 0 Å². The molecule has 0 bridgehead atoms. The van der Waals surface area contributed by atoms with Gasteiger partial charge in [-0.15, -0.1) is 0 Å². The van der Waals surface area contributed by atoms with Crippen LogP contribution in [0.2, 0.25) is 0 Å². The van der Waals surface area contributed by atoms with Gasteiger partial charge in [0.25, 0.3) is 0 Å². The smallest absolute Gasteiger partial charge is 0.119 e. The summed E-state index contributed by atoms with van der Waals surface area (Å²) in [5.74, 6) is 0.998. The molecule has 1 aliphatic rings. The normalized spacial score (nSPS) is 23.9. The Bertz CT molecular complexity index is 369. The van der Waals surface area contributed by atoms with Crippen molar-refractivity contribution in [3.8, 4) is 5.75 Å². The van der Waals surface area contributed by atoms with Crippen molar-refractivity contribution in [2.75, 3.05) is 13.2 Å². The summed E-state index contributed by atoms with van der Waals surface area (Å²) in [4.78, 5) is 0. The van der Waals surface area contributed by atoms with Gasteiger partial charge in [0.05, 0.1) is 5.54 Å². The van der Waals surface area contributed by atoms with Crippen molar-refractivity contribution in [2.24, 2.45) is 0 Å². The molecular formula is C14H21NO. The Morgan fingerprint density at radius 3 is 2.75 bits per heavy atom. The van der Waals surface area contributed by atoms with Crippen LogP contribution in [0, 0.1) is 6.92 Å². The molecule has 1 heterocycles. The van der Waals surface area contributed by atoms with Crippen LogP contribution in [0.15, 0.2) is 18.2 Å². The molecule has 0 aromatic heterocycles. The van der Waals surface area contributed by atoms with E-state index in [1.165, 1.54) is 17.5 Å². The summed E-state index contributed by atoms with van der Waals surface area (Å²) < 4.78 is 5.85. The quantitative estimate of drug-likeness (QED) is 0.840. The highest BCUT2D eigenvalue weighted by atomic mass is 16.5. The first kappa shape index (κ1) is 11.5. The lowest BCUT2D eigenvalue weighted by atomic mass is 9.91. The molecule has 0 radical (unpaired) electrons. The number of nitrogens with one attached hydrogen (secondary N) is 1. The van der Waals surface area contributed by atoms with E-state index >= 15 is 0 Å². The zero-order valence-electron chi connectivity index (χ0n) is 10.5. The lowest BCUT2D eigenvalue weighted by molar-refractivity contribution is 0.132. The van der Waals surface area contributed by atoms with Gasteiger partial charge in [0.1, 0.15) is 12.4 Å². The third-order valence-corrected chi connectivity index (χ3v) is 3.49. The van der Waals surface area contributed by atoms with Crippen molar-refractivity contribution < 1.29 is 4.74 Å². The molecule has 2 rings (SSSR count). The Morgan fingerprint density at radius 2 is 2.19 bits per heavy atom. The zero-order chi connectivity index (χ0) is 11.6. The Kier molecular flexibility index (Phi) is 3.20. The molecule has 1 fully saturated rings. The summed E-state index contributed by atoms with van der Waals surface area (Å²) in [5.41, 5.74) is 2.92. The molecule has 1 saturated heterocycles. The fraction of sp³-hybridized carbons (Fsp3) is 0.571. The second kappa shape index (κ2) is 4.46. The van der Waals surface area contributed by atoms with E-state index in [1.54, 1.807) is 0 Å². The first-order valence-corrected chi connectivity index (χ1v) is 6.10. The molecule has 16 heavy (non-hydrogen) atoms. The SMILES string of the molecule is CCc1cc(OCC2(C)CCN2)ccc1C. The van der Waals surface area contributed by atoms with Crippen molar-refractivity contribution in [1.29, 1.82) is 0 Å². The molecule has 1 unspecified atom stereocenters. The molecule has 0 aliphatic carbocycles. The summed E-state index contributed by atoms with van der Waals surface area (Å²) in [6.07, 6.45) is 2.28. The Hall–Kier alpha value is -1.02. The molecule has 2 heteroatoms. The van der Waals surface area contributed by atoms with Crippen molar-refractivity contribution in [3.05, 3.63) is 29.3 Å². The van der Waals surface area contributed by atoms with Gasteiger partial charge in [-0.3, -0.25) is 0 Å². The molecule has 1 N–H and O–H groups in total. The lowest BCUT2D eigenvalue weighted by Gasteiger charge is -2.39. The number of aryl methyl sites for hydroxylation is 2. The summed E-state index contributed by atoms with van der Waals surface area (Å²) >= 11 is 0. The number of ether oxygens (including phenoxy) is 1. The Labute approximate surface area is 98.0 Å². The number of rotatable bonds is 4. The number of hydrogen-bond acceptors (Lipinski definition) is 2. The van der Waals surface area contributed by atoms with Crippen LogP contribution in [-0.2, 0) is 6.42 Å². The van der Waals surface area contributed by atoms with Gasteiger partial charge in [-0.05, 0) is 56.5 Å². The second-order valence-corrected chi connectivity index (χ2v) is 4.97.